The van der Waals surface area contributed by atoms with E-state index in [0.29, 0.717) is 27.8 Å². The van der Waals surface area contributed by atoms with Crippen molar-refractivity contribution < 1.29 is 19.4 Å². The van der Waals surface area contributed by atoms with Crippen LogP contribution in [0.4, 0.5) is 5.69 Å². The summed E-state index contributed by atoms with van der Waals surface area (Å²) in [6.07, 6.45) is 0.626. The van der Waals surface area contributed by atoms with E-state index < -0.39 is 12.0 Å². The lowest BCUT2D eigenvalue weighted by molar-refractivity contribution is 0.102. The van der Waals surface area contributed by atoms with Gasteiger partial charge in [-0.1, -0.05) is 28.9 Å². The molecule has 1 aliphatic heterocycles. The minimum Gasteiger partial charge on any atom is -0.454 e. The Kier molecular flexibility index (Phi) is 4.66. The third-order valence-electron chi connectivity index (χ3n) is 4.00. The second-order valence-corrected chi connectivity index (χ2v) is 6.36. The smallest absolute Gasteiger partial charge is 0.277 e. The van der Waals surface area contributed by atoms with Crippen LogP contribution in [-0.2, 0) is 6.54 Å². The molecule has 1 aromatic heterocycles. The molecule has 4 rings (SSSR count). The Morgan fingerprint density at radius 3 is 2.96 bits per heavy atom. The van der Waals surface area contributed by atoms with Gasteiger partial charge < -0.3 is 19.9 Å². The molecule has 1 atom stereocenters. The van der Waals surface area contributed by atoms with Gasteiger partial charge in [0.25, 0.3) is 5.91 Å². The molecule has 0 fully saturated rings. The maximum atomic E-state index is 12.3. The topological polar surface area (TPSA) is 98.5 Å². The molecule has 1 amide bonds. The number of nitrogens with zero attached hydrogens (tertiary/aromatic N) is 3. The Labute approximate surface area is 159 Å². The normalized spacial score (nSPS) is 13.4. The van der Waals surface area contributed by atoms with E-state index >= 15 is 0 Å². The van der Waals surface area contributed by atoms with Crippen LogP contribution in [0.25, 0.3) is 0 Å². The molecule has 2 heterocycles. The van der Waals surface area contributed by atoms with Crippen molar-refractivity contribution in [1.82, 2.24) is 15.0 Å². The SMILES string of the molecule is O=C(Nc1cccc(Cl)c1)c1cn(C[C@H](O)c2ccc3c(c2)OCO3)nn1. The first kappa shape index (κ1) is 17.3. The van der Waals surface area contributed by atoms with Crippen LogP contribution in [-0.4, -0.2) is 32.8 Å². The number of nitrogens with one attached hydrogen (secondary N) is 1. The molecule has 27 heavy (non-hydrogen) atoms. The van der Waals surface area contributed by atoms with Gasteiger partial charge in [-0.3, -0.25) is 4.79 Å². The number of fused-ring (bicyclic) bond motifs is 1. The molecule has 9 heteroatoms. The van der Waals surface area contributed by atoms with Crippen LogP contribution in [0.2, 0.25) is 5.02 Å². The number of aromatic nitrogens is 3. The lowest BCUT2D eigenvalue weighted by Crippen LogP contribution is -2.12. The monoisotopic (exact) mass is 386 g/mol. The largest absolute Gasteiger partial charge is 0.454 e. The summed E-state index contributed by atoms with van der Waals surface area (Å²) in [5.41, 5.74) is 1.34. The third-order valence-corrected chi connectivity index (χ3v) is 4.23. The average Bonchev–Trinajstić information content (AvgIpc) is 3.30. The Morgan fingerprint density at radius 1 is 1.26 bits per heavy atom. The molecule has 1 aliphatic rings. The van der Waals surface area contributed by atoms with E-state index in [0.717, 1.165) is 0 Å². The van der Waals surface area contributed by atoms with E-state index in [2.05, 4.69) is 15.6 Å². The summed E-state index contributed by atoms with van der Waals surface area (Å²) in [5.74, 6) is 0.819. The fourth-order valence-electron chi connectivity index (χ4n) is 2.66. The van der Waals surface area contributed by atoms with Crippen LogP contribution in [0.3, 0.4) is 0 Å². The summed E-state index contributed by atoms with van der Waals surface area (Å²) in [6, 6.07) is 12.0. The van der Waals surface area contributed by atoms with Crippen molar-refractivity contribution in [3.8, 4) is 11.5 Å². The standard InChI is InChI=1S/C18H15ClN4O4/c19-12-2-1-3-13(7-12)20-18(25)14-8-23(22-21-14)9-15(24)11-4-5-16-17(6-11)27-10-26-16/h1-8,15,24H,9-10H2,(H,20,25)/t15-/m0/s1. The zero-order valence-corrected chi connectivity index (χ0v) is 14.8. The minimum absolute atomic E-state index is 0.132. The van der Waals surface area contributed by atoms with Gasteiger partial charge in [-0.25, -0.2) is 4.68 Å². The molecular formula is C18H15ClN4O4. The fourth-order valence-corrected chi connectivity index (χ4v) is 2.85. The molecule has 0 saturated heterocycles. The predicted octanol–water partition coefficient (Wildman–Crippen LogP) is 2.65. The van der Waals surface area contributed by atoms with Gasteiger partial charge in [0.2, 0.25) is 6.79 Å². The number of carbonyl (C=O) groups excluding carboxylic acids is 1. The number of rotatable bonds is 5. The number of aliphatic hydroxyl groups excluding tert-OH is 1. The van der Waals surface area contributed by atoms with Crippen LogP contribution in [0.5, 0.6) is 11.5 Å². The summed E-state index contributed by atoms with van der Waals surface area (Å²) < 4.78 is 12.0. The highest BCUT2D eigenvalue weighted by Crippen LogP contribution is 2.34. The van der Waals surface area contributed by atoms with Gasteiger partial charge in [0.15, 0.2) is 17.2 Å². The lowest BCUT2D eigenvalue weighted by Gasteiger charge is -2.11. The van der Waals surface area contributed by atoms with Crippen LogP contribution < -0.4 is 14.8 Å². The van der Waals surface area contributed by atoms with Crippen LogP contribution >= 0.6 is 11.6 Å². The molecule has 138 valence electrons. The van der Waals surface area contributed by atoms with Crippen molar-refractivity contribution >= 4 is 23.2 Å². The van der Waals surface area contributed by atoms with Crippen LogP contribution in [0, 0.1) is 0 Å². The lowest BCUT2D eigenvalue weighted by atomic mass is 10.1. The van der Waals surface area contributed by atoms with Crippen molar-refractivity contribution in [2.75, 3.05) is 12.1 Å². The number of amides is 1. The van der Waals surface area contributed by atoms with Crippen molar-refractivity contribution in [3.05, 3.63) is 64.9 Å². The van der Waals surface area contributed by atoms with Gasteiger partial charge >= 0.3 is 0 Å². The number of benzene rings is 2. The number of ether oxygens (including phenoxy) is 2. The Bertz CT molecular complexity index is 991. The van der Waals surface area contributed by atoms with E-state index in [1.165, 1.54) is 10.9 Å². The summed E-state index contributed by atoms with van der Waals surface area (Å²) in [5, 5.41) is 21.4. The van der Waals surface area contributed by atoms with Gasteiger partial charge in [-0.15, -0.1) is 5.10 Å². The molecular weight excluding hydrogens is 372 g/mol. The van der Waals surface area contributed by atoms with Crippen LogP contribution in [0.1, 0.15) is 22.2 Å². The molecule has 3 aromatic rings. The molecule has 0 aliphatic carbocycles. The highest BCUT2D eigenvalue weighted by molar-refractivity contribution is 6.30. The molecule has 8 nitrogen and oxygen atoms in total. The first-order valence-corrected chi connectivity index (χ1v) is 8.51. The molecule has 2 N–H and O–H groups in total. The van der Waals surface area contributed by atoms with Gasteiger partial charge in [-0.05, 0) is 35.9 Å². The minimum atomic E-state index is -0.843. The predicted molar refractivity (Wildman–Crippen MR) is 97.0 cm³/mol. The van der Waals surface area contributed by atoms with Crippen LogP contribution in [0.15, 0.2) is 48.7 Å². The molecule has 0 radical (unpaired) electrons. The number of hydrogen-bond donors (Lipinski definition) is 2. The van der Waals surface area contributed by atoms with Gasteiger partial charge in [-0.2, -0.15) is 0 Å². The highest BCUT2D eigenvalue weighted by atomic mass is 35.5. The Morgan fingerprint density at radius 2 is 2.11 bits per heavy atom. The number of halogens is 1. The Balaban J connectivity index is 1.42. The van der Waals surface area contributed by atoms with Gasteiger partial charge in [0.05, 0.1) is 18.8 Å². The summed E-state index contributed by atoms with van der Waals surface area (Å²) in [7, 11) is 0. The van der Waals surface area contributed by atoms with E-state index in [-0.39, 0.29) is 19.0 Å². The van der Waals surface area contributed by atoms with Crippen molar-refractivity contribution in [2.45, 2.75) is 12.6 Å². The van der Waals surface area contributed by atoms with Crippen molar-refractivity contribution in [1.29, 1.82) is 0 Å². The van der Waals surface area contributed by atoms with Gasteiger partial charge in [0, 0.05) is 10.7 Å². The van der Waals surface area contributed by atoms with Crippen molar-refractivity contribution in [2.24, 2.45) is 0 Å². The quantitative estimate of drug-likeness (QED) is 0.699. The Hall–Kier alpha value is -3.10. The zero-order valence-electron chi connectivity index (χ0n) is 14.0. The summed E-state index contributed by atoms with van der Waals surface area (Å²) >= 11 is 5.90. The van der Waals surface area contributed by atoms with E-state index in [4.69, 9.17) is 21.1 Å². The first-order chi connectivity index (χ1) is 13.1. The zero-order chi connectivity index (χ0) is 18.8. The van der Waals surface area contributed by atoms with E-state index in [9.17, 15) is 9.90 Å². The number of hydrogen-bond acceptors (Lipinski definition) is 6. The van der Waals surface area contributed by atoms with Gasteiger partial charge in [0.1, 0.15) is 0 Å². The molecule has 0 unspecified atom stereocenters. The molecule has 0 spiro atoms. The molecule has 0 bridgehead atoms. The maximum Gasteiger partial charge on any atom is 0.277 e. The molecule has 2 aromatic carbocycles. The number of carbonyl (C=O) groups is 1. The summed E-state index contributed by atoms with van der Waals surface area (Å²) in [4.78, 5) is 12.3. The highest BCUT2D eigenvalue weighted by Gasteiger charge is 2.18. The average molecular weight is 387 g/mol. The first-order valence-electron chi connectivity index (χ1n) is 8.13. The second-order valence-electron chi connectivity index (χ2n) is 5.92. The van der Waals surface area contributed by atoms with E-state index in [1.54, 1.807) is 42.5 Å². The van der Waals surface area contributed by atoms with Crippen molar-refractivity contribution in [3.63, 3.8) is 0 Å². The number of anilines is 1. The third kappa shape index (κ3) is 3.86. The molecule has 0 saturated carbocycles. The summed E-state index contributed by atoms with van der Waals surface area (Å²) in [6.45, 7) is 0.306. The maximum absolute atomic E-state index is 12.3. The number of aliphatic hydroxyl groups is 1. The second kappa shape index (κ2) is 7.26. The fraction of sp³-hybridized carbons (Fsp3) is 0.167. The van der Waals surface area contributed by atoms with E-state index in [1.807, 2.05) is 0 Å².